The maximum atomic E-state index is 13.1. The summed E-state index contributed by atoms with van der Waals surface area (Å²) in [6.45, 7) is 1.93. The molecule has 1 N–H and O–H groups in total. The second-order valence-corrected chi connectivity index (χ2v) is 9.68. The lowest BCUT2D eigenvalue weighted by Crippen LogP contribution is -2.19. The van der Waals surface area contributed by atoms with Crippen molar-refractivity contribution in [1.82, 2.24) is 0 Å². The molecule has 0 aliphatic carbocycles. The fourth-order valence-electron chi connectivity index (χ4n) is 3.99. The topological polar surface area (TPSA) is 46.2 Å². The third-order valence-electron chi connectivity index (χ3n) is 6.11. The van der Waals surface area contributed by atoms with Crippen molar-refractivity contribution in [2.45, 2.75) is 30.6 Å². The van der Waals surface area contributed by atoms with Crippen molar-refractivity contribution >= 4 is 29.6 Å². The molecule has 0 saturated heterocycles. The Kier molecular flexibility index (Phi) is 8.53. The molecule has 176 valence electrons. The van der Waals surface area contributed by atoms with Crippen molar-refractivity contribution in [1.29, 1.82) is 0 Å². The van der Waals surface area contributed by atoms with Gasteiger partial charge in [0.25, 0.3) is 0 Å². The first-order valence-corrected chi connectivity index (χ1v) is 12.8. The van der Waals surface area contributed by atoms with Gasteiger partial charge < -0.3 is 5.32 Å². The summed E-state index contributed by atoms with van der Waals surface area (Å²) in [4.78, 5) is 25.7. The molecule has 0 fully saturated rings. The molecule has 0 saturated carbocycles. The van der Waals surface area contributed by atoms with Gasteiger partial charge in [-0.25, -0.2) is 0 Å². The van der Waals surface area contributed by atoms with Gasteiger partial charge in [0.1, 0.15) is 6.29 Å². The number of aryl methyl sites for hydroxylation is 1. The number of hydrogen-bond acceptors (Lipinski definition) is 3. The summed E-state index contributed by atoms with van der Waals surface area (Å²) < 4.78 is 0. The molecule has 0 bridgehead atoms. The molecular formula is C31H29NO2S. The predicted molar refractivity (Wildman–Crippen MR) is 145 cm³/mol. The Balaban J connectivity index is 1.37. The van der Waals surface area contributed by atoms with Crippen LogP contribution in [0.5, 0.6) is 0 Å². The zero-order valence-corrected chi connectivity index (χ0v) is 20.6. The summed E-state index contributed by atoms with van der Waals surface area (Å²) in [6.07, 6.45) is 2.49. The molecule has 35 heavy (non-hydrogen) atoms. The SMILES string of the molecule is CC(C(=O)Nc1ccccc1Cc1ccccc1C=O)c1ccc(SCCc2ccccc2)cc1. The summed E-state index contributed by atoms with van der Waals surface area (Å²) in [6, 6.07) is 34.1. The number of carbonyl (C=O) groups excluding carboxylic acids is 2. The number of rotatable bonds is 10. The fourth-order valence-corrected chi connectivity index (χ4v) is 4.89. The Hall–Kier alpha value is -3.63. The van der Waals surface area contributed by atoms with Crippen LogP contribution in [0.2, 0.25) is 0 Å². The van der Waals surface area contributed by atoms with E-state index in [4.69, 9.17) is 0 Å². The van der Waals surface area contributed by atoms with Crippen LogP contribution >= 0.6 is 11.8 Å². The first kappa shape index (κ1) is 24.5. The van der Waals surface area contributed by atoms with Crippen molar-refractivity contribution in [3.8, 4) is 0 Å². The van der Waals surface area contributed by atoms with E-state index >= 15 is 0 Å². The molecule has 1 amide bonds. The van der Waals surface area contributed by atoms with Gasteiger partial charge in [-0.15, -0.1) is 11.8 Å². The van der Waals surface area contributed by atoms with E-state index in [1.807, 2.05) is 85.4 Å². The van der Waals surface area contributed by atoms with Crippen LogP contribution in [0.4, 0.5) is 5.69 Å². The number of anilines is 1. The number of benzene rings is 4. The molecule has 3 nitrogen and oxygen atoms in total. The first-order valence-electron chi connectivity index (χ1n) is 11.8. The molecular weight excluding hydrogens is 450 g/mol. The predicted octanol–water partition coefficient (Wildman–Crippen LogP) is 7.17. The van der Waals surface area contributed by atoms with Gasteiger partial charge in [0.15, 0.2) is 0 Å². The minimum atomic E-state index is -0.284. The molecule has 0 spiro atoms. The van der Waals surface area contributed by atoms with E-state index in [2.05, 4.69) is 41.7 Å². The van der Waals surface area contributed by atoms with E-state index in [-0.39, 0.29) is 11.8 Å². The number of nitrogens with one attached hydrogen (secondary N) is 1. The number of thioether (sulfide) groups is 1. The summed E-state index contributed by atoms with van der Waals surface area (Å²) in [5, 5.41) is 3.10. The van der Waals surface area contributed by atoms with Crippen molar-refractivity contribution in [3.05, 3.63) is 131 Å². The van der Waals surface area contributed by atoms with E-state index in [1.54, 1.807) is 0 Å². The van der Waals surface area contributed by atoms with Crippen LogP contribution in [0.1, 0.15) is 45.5 Å². The van der Waals surface area contributed by atoms with E-state index in [0.29, 0.717) is 12.0 Å². The molecule has 0 radical (unpaired) electrons. The highest BCUT2D eigenvalue weighted by Gasteiger charge is 2.17. The fraction of sp³-hybridized carbons (Fsp3) is 0.161. The second kappa shape index (κ2) is 12.2. The number of aldehydes is 1. The Morgan fingerprint density at radius 2 is 1.49 bits per heavy atom. The first-order chi connectivity index (χ1) is 17.1. The normalized spacial score (nSPS) is 11.6. The molecule has 4 rings (SSSR count). The average molecular weight is 480 g/mol. The van der Waals surface area contributed by atoms with Crippen molar-refractivity contribution in [3.63, 3.8) is 0 Å². The lowest BCUT2D eigenvalue weighted by Gasteiger charge is -2.16. The monoisotopic (exact) mass is 479 g/mol. The Labute approximate surface area is 211 Å². The van der Waals surface area contributed by atoms with E-state index in [0.717, 1.165) is 40.8 Å². The highest BCUT2D eigenvalue weighted by atomic mass is 32.2. The van der Waals surface area contributed by atoms with Crippen LogP contribution in [0.3, 0.4) is 0 Å². The van der Waals surface area contributed by atoms with Crippen molar-refractivity contribution in [2.75, 3.05) is 11.1 Å². The second-order valence-electron chi connectivity index (χ2n) is 8.51. The smallest absolute Gasteiger partial charge is 0.231 e. The number of carbonyl (C=O) groups is 2. The van der Waals surface area contributed by atoms with Crippen LogP contribution in [0.15, 0.2) is 108 Å². The van der Waals surface area contributed by atoms with Crippen LogP contribution in [-0.4, -0.2) is 17.9 Å². The number of para-hydroxylation sites is 1. The summed E-state index contributed by atoms with van der Waals surface area (Å²) in [7, 11) is 0. The molecule has 4 aromatic rings. The van der Waals surface area contributed by atoms with E-state index < -0.39 is 0 Å². The molecule has 0 aromatic heterocycles. The number of hydrogen-bond donors (Lipinski definition) is 1. The lowest BCUT2D eigenvalue weighted by atomic mass is 9.98. The van der Waals surface area contributed by atoms with Gasteiger partial charge in [-0.3, -0.25) is 9.59 Å². The van der Waals surface area contributed by atoms with E-state index in [1.165, 1.54) is 10.5 Å². The third kappa shape index (κ3) is 6.71. The summed E-state index contributed by atoms with van der Waals surface area (Å²) >= 11 is 1.83. The van der Waals surface area contributed by atoms with Crippen LogP contribution in [-0.2, 0) is 17.6 Å². The van der Waals surface area contributed by atoms with Gasteiger partial charge >= 0.3 is 0 Å². The average Bonchev–Trinajstić information content (AvgIpc) is 2.90. The quantitative estimate of drug-likeness (QED) is 0.194. The maximum Gasteiger partial charge on any atom is 0.231 e. The van der Waals surface area contributed by atoms with Gasteiger partial charge in [0.2, 0.25) is 5.91 Å². The molecule has 4 heteroatoms. The van der Waals surface area contributed by atoms with Crippen molar-refractivity contribution in [2.24, 2.45) is 0 Å². The summed E-state index contributed by atoms with van der Waals surface area (Å²) in [5.41, 5.74) is 5.70. The zero-order chi connectivity index (χ0) is 24.5. The van der Waals surface area contributed by atoms with Gasteiger partial charge in [0, 0.05) is 28.3 Å². The molecule has 0 aliphatic heterocycles. The Bertz CT molecular complexity index is 1270. The van der Waals surface area contributed by atoms with Crippen LogP contribution in [0, 0.1) is 0 Å². The minimum absolute atomic E-state index is 0.0504. The highest BCUT2D eigenvalue weighted by Crippen LogP contribution is 2.26. The van der Waals surface area contributed by atoms with Crippen LogP contribution in [0.25, 0.3) is 0 Å². The van der Waals surface area contributed by atoms with Gasteiger partial charge in [-0.2, -0.15) is 0 Å². The lowest BCUT2D eigenvalue weighted by molar-refractivity contribution is -0.117. The van der Waals surface area contributed by atoms with Gasteiger partial charge in [-0.1, -0.05) is 84.9 Å². The minimum Gasteiger partial charge on any atom is -0.325 e. The van der Waals surface area contributed by atoms with Gasteiger partial charge in [-0.05, 0) is 53.8 Å². The Morgan fingerprint density at radius 1 is 0.829 bits per heavy atom. The van der Waals surface area contributed by atoms with Gasteiger partial charge in [0.05, 0.1) is 5.92 Å². The third-order valence-corrected chi connectivity index (χ3v) is 7.13. The zero-order valence-electron chi connectivity index (χ0n) is 19.8. The highest BCUT2D eigenvalue weighted by molar-refractivity contribution is 7.99. The Morgan fingerprint density at radius 3 is 2.23 bits per heavy atom. The largest absolute Gasteiger partial charge is 0.325 e. The maximum absolute atomic E-state index is 13.1. The number of amides is 1. The molecule has 1 atom stereocenters. The van der Waals surface area contributed by atoms with Crippen molar-refractivity contribution < 1.29 is 9.59 Å². The molecule has 1 unspecified atom stereocenters. The van der Waals surface area contributed by atoms with Crippen LogP contribution < -0.4 is 5.32 Å². The summed E-state index contributed by atoms with van der Waals surface area (Å²) in [5.74, 6) is 0.683. The molecule has 0 aliphatic rings. The molecule has 0 heterocycles. The molecule has 4 aromatic carbocycles. The standard InChI is InChI=1S/C31H29NO2S/c1-23(25-15-17-29(18-16-25)35-20-19-24-9-3-2-4-10-24)31(34)32-30-14-8-7-12-27(30)21-26-11-5-6-13-28(26)22-33/h2-18,22-23H,19-21H2,1H3,(H,32,34). The van der Waals surface area contributed by atoms with E-state index in [9.17, 15) is 9.59 Å².